The summed E-state index contributed by atoms with van der Waals surface area (Å²) in [5.41, 5.74) is 8.37. The maximum absolute atomic E-state index is 12.0. The van der Waals surface area contributed by atoms with E-state index in [1.165, 1.54) is 0 Å². The Morgan fingerprint density at radius 1 is 1.14 bits per heavy atom. The van der Waals surface area contributed by atoms with Crippen LogP contribution in [0.2, 0.25) is 0 Å². The fourth-order valence-corrected chi connectivity index (χ4v) is 2.46. The summed E-state index contributed by atoms with van der Waals surface area (Å²) in [6.45, 7) is 4.27. The molecule has 0 heterocycles. The Balaban J connectivity index is 2.05. The van der Waals surface area contributed by atoms with Crippen LogP contribution in [0.1, 0.15) is 25.8 Å². The van der Waals surface area contributed by atoms with E-state index in [1.807, 2.05) is 38.1 Å². The number of nitrogens with zero attached hydrogens (tertiary/aromatic N) is 1. The van der Waals surface area contributed by atoms with Gasteiger partial charge in [-0.05, 0) is 36.2 Å². The third-order valence-corrected chi connectivity index (χ3v) is 4.36. The molecule has 0 bridgehead atoms. The highest BCUT2D eigenvalue weighted by Gasteiger charge is 2.10. The van der Waals surface area contributed by atoms with Gasteiger partial charge < -0.3 is 25.8 Å². The lowest BCUT2D eigenvalue weighted by atomic mass is 10.1. The topological polar surface area (TPSA) is 98.0 Å². The number of nitrogens with two attached hydrogens (primary N) is 1. The number of hydrogen-bond acceptors (Lipinski definition) is 4. The maximum Gasteiger partial charge on any atom is 0.227 e. The van der Waals surface area contributed by atoms with Crippen molar-refractivity contribution in [2.24, 2.45) is 16.6 Å². The van der Waals surface area contributed by atoms with Gasteiger partial charge in [-0.15, -0.1) is 0 Å². The molecule has 0 aliphatic rings. The summed E-state index contributed by atoms with van der Waals surface area (Å²) in [4.78, 5) is 16.4. The molecule has 2 rings (SSSR count). The molecule has 7 heteroatoms. The molecule has 0 aliphatic carbocycles. The van der Waals surface area contributed by atoms with Gasteiger partial charge in [0.2, 0.25) is 5.91 Å². The smallest absolute Gasteiger partial charge is 0.227 e. The van der Waals surface area contributed by atoms with Gasteiger partial charge in [-0.2, -0.15) is 0 Å². The number of rotatable bonds is 8. The molecule has 0 aromatic heterocycles. The summed E-state index contributed by atoms with van der Waals surface area (Å²) in [6.07, 6.45) is 0.797. The number of carbonyl (C=O) groups is 1. The minimum absolute atomic E-state index is 0.00875. The molecule has 0 fully saturated rings. The molecule has 2 aromatic carbocycles. The maximum atomic E-state index is 12.0. The summed E-state index contributed by atoms with van der Waals surface area (Å²) in [7, 11) is 3.18. The number of methoxy groups -OCH3 is 2. The van der Waals surface area contributed by atoms with Gasteiger partial charge in [0.1, 0.15) is 11.5 Å². The van der Waals surface area contributed by atoms with E-state index in [4.69, 9.17) is 15.2 Å². The Kier molecular flexibility index (Phi) is 7.68. The molecule has 0 saturated heterocycles. The number of amides is 1. The average molecular weight is 384 g/mol. The normalized spacial score (nSPS) is 12.2. The Labute approximate surface area is 165 Å². The van der Waals surface area contributed by atoms with Gasteiger partial charge in [0.25, 0.3) is 0 Å². The first kappa shape index (κ1) is 21.1. The zero-order valence-corrected chi connectivity index (χ0v) is 16.8. The van der Waals surface area contributed by atoms with Crippen LogP contribution in [0.25, 0.3) is 0 Å². The van der Waals surface area contributed by atoms with Crippen molar-refractivity contribution in [2.75, 3.05) is 24.9 Å². The summed E-state index contributed by atoms with van der Waals surface area (Å²) in [5.74, 6) is 1.55. The Hall–Kier alpha value is -3.22. The third-order valence-electron chi connectivity index (χ3n) is 4.36. The molecule has 0 radical (unpaired) electrons. The zero-order valence-electron chi connectivity index (χ0n) is 16.8. The van der Waals surface area contributed by atoms with Crippen molar-refractivity contribution in [2.45, 2.75) is 26.8 Å². The molecule has 0 spiro atoms. The van der Waals surface area contributed by atoms with Gasteiger partial charge in [-0.25, -0.2) is 4.99 Å². The van der Waals surface area contributed by atoms with Gasteiger partial charge in [0, 0.05) is 17.7 Å². The summed E-state index contributed by atoms with van der Waals surface area (Å²) >= 11 is 0. The van der Waals surface area contributed by atoms with Crippen molar-refractivity contribution in [3.05, 3.63) is 48.0 Å². The van der Waals surface area contributed by atoms with Crippen LogP contribution in [0.15, 0.2) is 47.5 Å². The minimum Gasteiger partial charge on any atom is -0.497 e. The van der Waals surface area contributed by atoms with Gasteiger partial charge in [0.05, 0.1) is 26.5 Å². The van der Waals surface area contributed by atoms with Crippen LogP contribution in [0.4, 0.5) is 11.4 Å². The predicted molar refractivity (Wildman–Crippen MR) is 113 cm³/mol. The second-order valence-corrected chi connectivity index (χ2v) is 6.39. The van der Waals surface area contributed by atoms with E-state index in [9.17, 15) is 4.79 Å². The van der Waals surface area contributed by atoms with Crippen LogP contribution in [0.3, 0.4) is 0 Å². The molecular formula is C21H28N4O3. The van der Waals surface area contributed by atoms with E-state index >= 15 is 0 Å². The number of benzene rings is 2. The van der Waals surface area contributed by atoms with E-state index in [2.05, 4.69) is 15.6 Å². The predicted octanol–water partition coefficient (Wildman–Crippen LogP) is 3.62. The summed E-state index contributed by atoms with van der Waals surface area (Å²) in [6, 6.07) is 12.9. The van der Waals surface area contributed by atoms with Gasteiger partial charge in [0.15, 0.2) is 5.96 Å². The highest BCUT2D eigenvalue weighted by molar-refractivity contribution is 5.94. The molecule has 1 unspecified atom stereocenters. The monoisotopic (exact) mass is 384 g/mol. The molecule has 7 nitrogen and oxygen atoms in total. The summed E-state index contributed by atoms with van der Waals surface area (Å²) in [5, 5.41) is 5.95. The molecule has 28 heavy (non-hydrogen) atoms. The number of aliphatic imine (C=N–C) groups is 1. The lowest BCUT2D eigenvalue weighted by Crippen LogP contribution is -2.23. The largest absolute Gasteiger partial charge is 0.497 e. The zero-order chi connectivity index (χ0) is 20.5. The van der Waals surface area contributed by atoms with E-state index < -0.39 is 0 Å². The molecule has 150 valence electrons. The number of guanidine groups is 1. The van der Waals surface area contributed by atoms with Crippen molar-refractivity contribution in [1.29, 1.82) is 0 Å². The van der Waals surface area contributed by atoms with Crippen LogP contribution >= 0.6 is 0 Å². The van der Waals surface area contributed by atoms with Crippen LogP contribution in [-0.4, -0.2) is 26.1 Å². The Morgan fingerprint density at radius 2 is 1.93 bits per heavy atom. The number of nitrogens with one attached hydrogen (secondary N) is 2. The van der Waals surface area contributed by atoms with Crippen LogP contribution in [0, 0.1) is 5.92 Å². The molecule has 1 atom stereocenters. The highest BCUT2D eigenvalue weighted by Crippen LogP contribution is 2.28. The first-order valence-corrected chi connectivity index (χ1v) is 9.15. The molecular weight excluding hydrogens is 356 g/mol. The van der Waals surface area contributed by atoms with E-state index in [0.29, 0.717) is 23.7 Å². The van der Waals surface area contributed by atoms with Crippen molar-refractivity contribution >= 4 is 23.2 Å². The standard InChI is InChI=1S/C21H28N4O3/c1-5-14(2)20(26)24-16-8-6-7-15(11-16)13-23-21(22)25-18-12-17(27-3)9-10-19(18)28-4/h6-12,14H,5,13H2,1-4H3,(H,24,26)(H3,22,23,25). The first-order valence-electron chi connectivity index (χ1n) is 9.15. The van der Waals surface area contributed by atoms with Gasteiger partial charge in [-0.3, -0.25) is 4.79 Å². The number of carbonyl (C=O) groups excluding carboxylic acids is 1. The summed E-state index contributed by atoms with van der Waals surface area (Å²) < 4.78 is 10.5. The number of hydrogen-bond donors (Lipinski definition) is 3. The molecule has 0 aliphatic heterocycles. The Bertz CT molecular complexity index is 836. The van der Waals surface area contributed by atoms with Crippen molar-refractivity contribution in [3.63, 3.8) is 0 Å². The third kappa shape index (κ3) is 5.90. The van der Waals surface area contributed by atoms with Crippen LogP contribution in [-0.2, 0) is 11.3 Å². The quantitative estimate of drug-likeness (QED) is 0.477. The fourth-order valence-electron chi connectivity index (χ4n) is 2.46. The average Bonchev–Trinajstić information content (AvgIpc) is 2.71. The lowest BCUT2D eigenvalue weighted by molar-refractivity contribution is -0.119. The van der Waals surface area contributed by atoms with Gasteiger partial charge >= 0.3 is 0 Å². The fraction of sp³-hybridized carbons (Fsp3) is 0.333. The van der Waals surface area contributed by atoms with E-state index in [0.717, 1.165) is 17.7 Å². The number of anilines is 2. The Morgan fingerprint density at radius 3 is 2.61 bits per heavy atom. The SMILES string of the molecule is CCC(C)C(=O)Nc1cccc(CN=C(N)Nc2cc(OC)ccc2OC)c1. The van der Waals surface area contributed by atoms with Crippen molar-refractivity contribution in [1.82, 2.24) is 0 Å². The van der Waals surface area contributed by atoms with E-state index in [1.54, 1.807) is 32.4 Å². The molecule has 1 amide bonds. The van der Waals surface area contributed by atoms with Crippen LogP contribution < -0.4 is 25.8 Å². The lowest BCUT2D eigenvalue weighted by Gasteiger charge is -2.12. The van der Waals surface area contributed by atoms with Crippen molar-refractivity contribution in [3.8, 4) is 11.5 Å². The van der Waals surface area contributed by atoms with Gasteiger partial charge in [-0.1, -0.05) is 26.0 Å². The van der Waals surface area contributed by atoms with Crippen molar-refractivity contribution < 1.29 is 14.3 Å². The minimum atomic E-state index is -0.0284. The second-order valence-electron chi connectivity index (χ2n) is 6.39. The van der Waals surface area contributed by atoms with E-state index in [-0.39, 0.29) is 17.8 Å². The highest BCUT2D eigenvalue weighted by atomic mass is 16.5. The molecule has 4 N–H and O–H groups in total. The number of ether oxygens (including phenoxy) is 2. The second kappa shape index (κ2) is 10.2. The molecule has 2 aromatic rings. The van der Waals surface area contributed by atoms with Crippen LogP contribution in [0.5, 0.6) is 11.5 Å². The molecule has 0 saturated carbocycles. The first-order chi connectivity index (χ1) is 13.5.